The second-order valence-electron chi connectivity index (χ2n) is 4.20. The molecule has 2 unspecified atom stereocenters. The Labute approximate surface area is 115 Å². The van der Waals surface area contributed by atoms with Gasteiger partial charge in [0.05, 0.1) is 0 Å². The second-order valence-corrected chi connectivity index (χ2v) is 7.40. The van der Waals surface area contributed by atoms with E-state index in [1.807, 2.05) is 11.3 Å². The van der Waals surface area contributed by atoms with Gasteiger partial charge in [-0.2, -0.15) is 11.8 Å². The maximum absolute atomic E-state index is 3.62. The van der Waals surface area contributed by atoms with Crippen LogP contribution in [0.15, 0.2) is 15.9 Å². The summed E-state index contributed by atoms with van der Waals surface area (Å²) in [5.74, 6) is 1.34. The lowest BCUT2D eigenvalue weighted by Gasteiger charge is -2.29. The summed E-state index contributed by atoms with van der Waals surface area (Å²) in [6.07, 6.45) is 5.34. The first-order chi connectivity index (χ1) is 7.81. The molecule has 1 nitrogen and oxygen atoms in total. The molecule has 1 aliphatic rings. The molecule has 1 aromatic heterocycles. The van der Waals surface area contributed by atoms with Crippen LogP contribution in [0.2, 0.25) is 0 Å². The lowest BCUT2D eigenvalue weighted by atomic mass is 10.0. The van der Waals surface area contributed by atoms with E-state index in [1.54, 1.807) is 0 Å². The highest BCUT2D eigenvalue weighted by molar-refractivity contribution is 9.10. The molecule has 0 radical (unpaired) electrons. The minimum atomic E-state index is 0.625. The van der Waals surface area contributed by atoms with Crippen LogP contribution in [0.3, 0.4) is 0 Å². The summed E-state index contributed by atoms with van der Waals surface area (Å²) in [6, 6.07) is 2.78. The number of thioether (sulfide) groups is 1. The standard InChI is InChI=1S/C12H18BrNS2/c1-14-10(11-4-2-3-6-15-11)8-12-9(13)5-7-16-12/h5,7,10-11,14H,2-4,6,8H2,1H3. The van der Waals surface area contributed by atoms with Crippen molar-refractivity contribution in [3.63, 3.8) is 0 Å². The van der Waals surface area contributed by atoms with Gasteiger partial charge in [0.25, 0.3) is 0 Å². The van der Waals surface area contributed by atoms with E-state index in [0.717, 1.165) is 11.7 Å². The summed E-state index contributed by atoms with van der Waals surface area (Å²) in [6.45, 7) is 0. The minimum Gasteiger partial charge on any atom is -0.316 e. The predicted molar refractivity (Wildman–Crippen MR) is 78.7 cm³/mol. The Hall–Kier alpha value is 0.490. The molecule has 2 heterocycles. The molecule has 0 aliphatic carbocycles. The van der Waals surface area contributed by atoms with Gasteiger partial charge in [0, 0.05) is 20.6 Å². The van der Waals surface area contributed by atoms with Crippen molar-refractivity contribution in [1.29, 1.82) is 0 Å². The lowest BCUT2D eigenvalue weighted by molar-refractivity contribution is 0.497. The largest absolute Gasteiger partial charge is 0.316 e. The summed E-state index contributed by atoms with van der Waals surface area (Å²) >= 11 is 7.64. The lowest BCUT2D eigenvalue weighted by Crippen LogP contribution is -2.38. The minimum absolute atomic E-state index is 0.625. The third-order valence-electron chi connectivity index (χ3n) is 3.13. The van der Waals surface area contributed by atoms with Gasteiger partial charge in [-0.25, -0.2) is 0 Å². The Bertz CT molecular complexity index is 321. The Kier molecular flexibility index (Phi) is 5.20. The molecule has 1 saturated heterocycles. The highest BCUT2D eigenvalue weighted by atomic mass is 79.9. The molecule has 2 rings (SSSR count). The fraction of sp³-hybridized carbons (Fsp3) is 0.667. The maximum Gasteiger partial charge on any atom is 0.0314 e. The third kappa shape index (κ3) is 3.25. The van der Waals surface area contributed by atoms with E-state index < -0.39 is 0 Å². The van der Waals surface area contributed by atoms with Crippen LogP contribution in [0.5, 0.6) is 0 Å². The van der Waals surface area contributed by atoms with Gasteiger partial charge in [0.1, 0.15) is 0 Å². The molecule has 1 aliphatic heterocycles. The van der Waals surface area contributed by atoms with Crippen LogP contribution in [-0.4, -0.2) is 24.1 Å². The predicted octanol–water partition coefficient (Wildman–Crippen LogP) is 3.93. The molecule has 0 aromatic carbocycles. The van der Waals surface area contributed by atoms with Crippen molar-refractivity contribution in [1.82, 2.24) is 5.32 Å². The van der Waals surface area contributed by atoms with Crippen molar-refractivity contribution in [2.24, 2.45) is 0 Å². The van der Waals surface area contributed by atoms with Crippen molar-refractivity contribution < 1.29 is 0 Å². The van der Waals surface area contributed by atoms with Crippen LogP contribution < -0.4 is 5.32 Å². The van der Waals surface area contributed by atoms with Crippen molar-refractivity contribution in [2.75, 3.05) is 12.8 Å². The summed E-state index contributed by atoms with van der Waals surface area (Å²) in [4.78, 5) is 1.48. The van der Waals surface area contributed by atoms with Gasteiger partial charge in [-0.3, -0.25) is 0 Å². The zero-order chi connectivity index (χ0) is 11.4. The van der Waals surface area contributed by atoms with Crippen LogP contribution in [0.1, 0.15) is 24.1 Å². The molecule has 1 aromatic rings. The average Bonchev–Trinajstić information content (AvgIpc) is 2.73. The monoisotopic (exact) mass is 319 g/mol. The molecule has 2 atom stereocenters. The molecule has 1 N–H and O–H groups in total. The molecular weight excluding hydrogens is 302 g/mol. The third-order valence-corrected chi connectivity index (χ3v) is 6.60. The van der Waals surface area contributed by atoms with E-state index in [9.17, 15) is 0 Å². The van der Waals surface area contributed by atoms with Crippen molar-refractivity contribution in [3.05, 3.63) is 20.8 Å². The number of likely N-dealkylation sites (N-methyl/N-ethyl adjacent to an activating group) is 1. The number of rotatable bonds is 4. The van der Waals surface area contributed by atoms with E-state index in [4.69, 9.17) is 0 Å². The van der Waals surface area contributed by atoms with Gasteiger partial charge in [-0.15, -0.1) is 11.3 Å². The number of thiophene rings is 1. The molecule has 0 spiro atoms. The first-order valence-corrected chi connectivity index (χ1v) is 8.54. The zero-order valence-electron chi connectivity index (χ0n) is 9.54. The first kappa shape index (κ1) is 12.9. The van der Waals surface area contributed by atoms with Crippen molar-refractivity contribution in [2.45, 2.75) is 37.0 Å². The molecule has 4 heteroatoms. The van der Waals surface area contributed by atoms with E-state index in [0.29, 0.717) is 6.04 Å². The smallest absolute Gasteiger partial charge is 0.0314 e. The summed E-state index contributed by atoms with van der Waals surface area (Å²) < 4.78 is 1.28. The Morgan fingerprint density at radius 1 is 1.56 bits per heavy atom. The number of halogens is 1. The maximum atomic E-state index is 3.62. The van der Waals surface area contributed by atoms with Gasteiger partial charge >= 0.3 is 0 Å². The summed E-state index contributed by atoms with van der Waals surface area (Å²) in [5, 5.41) is 6.47. The first-order valence-electron chi connectivity index (χ1n) is 5.82. The van der Waals surface area contributed by atoms with Crippen LogP contribution in [-0.2, 0) is 6.42 Å². The van der Waals surface area contributed by atoms with E-state index in [1.165, 1.54) is 34.4 Å². The second kappa shape index (κ2) is 6.43. The molecular formula is C12H18BrNS2. The Morgan fingerprint density at radius 2 is 2.44 bits per heavy atom. The average molecular weight is 320 g/mol. The van der Waals surface area contributed by atoms with Crippen molar-refractivity contribution >= 4 is 39.0 Å². The Morgan fingerprint density at radius 3 is 3.00 bits per heavy atom. The van der Waals surface area contributed by atoms with Gasteiger partial charge in [-0.05, 0) is 59.4 Å². The quantitative estimate of drug-likeness (QED) is 0.902. The fourth-order valence-corrected chi connectivity index (χ4v) is 5.22. The molecule has 0 amide bonds. The highest BCUT2D eigenvalue weighted by Gasteiger charge is 2.23. The van der Waals surface area contributed by atoms with Crippen LogP contribution in [0.25, 0.3) is 0 Å². The van der Waals surface area contributed by atoms with Crippen LogP contribution in [0, 0.1) is 0 Å². The highest BCUT2D eigenvalue weighted by Crippen LogP contribution is 2.31. The Balaban J connectivity index is 1.97. The van der Waals surface area contributed by atoms with Crippen molar-refractivity contribution in [3.8, 4) is 0 Å². The van der Waals surface area contributed by atoms with Crippen LogP contribution in [0.4, 0.5) is 0 Å². The normalized spacial score (nSPS) is 23.2. The van der Waals surface area contributed by atoms with Crippen LogP contribution >= 0.6 is 39.0 Å². The summed E-state index contributed by atoms with van der Waals surface area (Å²) in [5.41, 5.74) is 0. The van der Waals surface area contributed by atoms with Gasteiger partial charge in [-0.1, -0.05) is 6.42 Å². The fourth-order valence-electron chi connectivity index (χ4n) is 2.17. The van der Waals surface area contributed by atoms with Gasteiger partial charge in [0.15, 0.2) is 0 Å². The van der Waals surface area contributed by atoms with E-state index in [-0.39, 0.29) is 0 Å². The number of hydrogen-bond donors (Lipinski definition) is 1. The molecule has 1 fully saturated rings. The zero-order valence-corrected chi connectivity index (χ0v) is 12.8. The SMILES string of the molecule is CNC(Cc1sccc1Br)C1CCCCS1. The van der Waals surface area contributed by atoms with E-state index >= 15 is 0 Å². The van der Waals surface area contributed by atoms with E-state index in [2.05, 4.69) is 51.5 Å². The van der Waals surface area contributed by atoms with Gasteiger partial charge in [0.2, 0.25) is 0 Å². The number of nitrogens with one attached hydrogen (secondary N) is 1. The molecule has 90 valence electrons. The number of hydrogen-bond acceptors (Lipinski definition) is 3. The van der Waals surface area contributed by atoms with Gasteiger partial charge < -0.3 is 5.32 Å². The topological polar surface area (TPSA) is 12.0 Å². The summed E-state index contributed by atoms with van der Waals surface area (Å²) in [7, 11) is 2.10. The molecule has 16 heavy (non-hydrogen) atoms. The molecule has 0 saturated carbocycles. The molecule has 0 bridgehead atoms.